The van der Waals surface area contributed by atoms with E-state index in [4.69, 9.17) is 9.47 Å². The third kappa shape index (κ3) is 6.45. The molecule has 1 aliphatic heterocycles. The molecule has 35 heavy (non-hydrogen) atoms. The lowest BCUT2D eigenvalue weighted by Gasteiger charge is -2.33. The number of nitrogens with one attached hydrogen (secondary N) is 1. The van der Waals surface area contributed by atoms with Gasteiger partial charge in [-0.3, -0.25) is 4.79 Å². The first-order valence-corrected chi connectivity index (χ1v) is 12.9. The molecule has 1 fully saturated rings. The number of rotatable bonds is 9. The molecule has 3 aromatic rings. The van der Waals surface area contributed by atoms with Crippen LogP contribution in [0.15, 0.2) is 64.8 Å². The second kappa shape index (κ2) is 11.9. The number of benzene rings is 2. The second-order valence-corrected chi connectivity index (χ2v) is 9.46. The van der Waals surface area contributed by atoms with Crippen LogP contribution >= 0.6 is 11.8 Å². The summed E-state index contributed by atoms with van der Waals surface area (Å²) in [6, 6.07) is 13.9. The Balaban J connectivity index is 1.49. The van der Waals surface area contributed by atoms with Crippen molar-refractivity contribution >= 4 is 29.2 Å². The van der Waals surface area contributed by atoms with E-state index in [0.717, 1.165) is 35.1 Å². The maximum Gasteiger partial charge on any atom is 0.229 e. The minimum atomic E-state index is -0.173. The van der Waals surface area contributed by atoms with Gasteiger partial charge in [0, 0.05) is 36.4 Å². The molecular formula is C27H32N4O3S. The molecule has 0 aliphatic carbocycles. The number of nitrogens with zero attached hydrogens (tertiary/aromatic N) is 3. The zero-order valence-electron chi connectivity index (χ0n) is 20.5. The Kier molecular flexibility index (Phi) is 8.47. The quantitative estimate of drug-likeness (QED) is 0.417. The SMILES string of the molecule is CCOc1ccc(OCC)c(NC(=O)[C@@H]2CCCN(c3nccnc3Sc3cccc(C)c3)C2)c1. The molecule has 2 heterocycles. The zero-order valence-corrected chi connectivity index (χ0v) is 21.3. The van der Waals surface area contributed by atoms with Crippen molar-refractivity contribution in [2.45, 2.75) is 43.5 Å². The number of anilines is 2. The third-order valence-corrected chi connectivity index (χ3v) is 6.73. The van der Waals surface area contributed by atoms with Gasteiger partial charge in [-0.05, 0) is 57.9 Å². The lowest BCUT2D eigenvalue weighted by Crippen LogP contribution is -2.41. The van der Waals surface area contributed by atoms with Crippen LogP contribution in [0, 0.1) is 12.8 Å². The molecule has 2 aromatic carbocycles. The molecule has 1 amide bonds. The summed E-state index contributed by atoms with van der Waals surface area (Å²) in [4.78, 5) is 25.9. The molecule has 0 radical (unpaired) electrons. The Morgan fingerprint density at radius 1 is 1.11 bits per heavy atom. The number of carbonyl (C=O) groups is 1. The average molecular weight is 493 g/mol. The third-order valence-electron chi connectivity index (χ3n) is 5.76. The number of aryl methyl sites for hydroxylation is 1. The smallest absolute Gasteiger partial charge is 0.229 e. The van der Waals surface area contributed by atoms with Gasteiger partial charge in [-0.25, -0.2) is 9.97 Å². The van der Waals surface area contributed by atoms with E-state index in [1.54, 1.807) is 24.2 Å². The molecule has 4 rings (SSSR count). The maximum absolute atomic E-state index is 13.3. The minimum absolute atomic E-state index is 0.0268. The number of ether oxygens (including phenoxy) is 2. The molecule has 1 aliphatic rings. The van der Waals surface area contributed by atoms with E-state index >= 15 is 0 Å². The Morgan fingerprint density at radius 3 is 2.74 bits per heavy atom. The highest BCUT2D eigenvalue weighted by molar-refractivity contribution is 7.99. The number of hydrogen-bond acceptors (Lipinski definition) is 7. The molecule has 0 spiro atoms. The van der Waals surface area contributed by atoms with Gasteiger partial charge in [0.2, 0.25) is 5.91 Å². The van der Waals surface area contributed by atoms with E-state index in [-0.39, 0.29) is 11.8 Å². The summed E-state index contributed by atoms with van der Waals surface area (Å²) in [6.07, 6.45) is 5.15. The first-order valence-electron chi connectivity index (χ1n) is 12.1. The molecule has 0 unspecified atom stereocenters. The van der Waals surface area contributed by atoms with Crippen molar-refractivity contribution in [2.75, 3.05) is 36.5 Å². The fourth-order valence-corrected chi connectivity index (χ4v) is 5.16. The molecule has 1 saturated heterocycles. The van der Waals surface area contributed by atoms with Crippen LogP contribution in [0.25, 0.3) is 0 Å². The first kappa shape index (κ1) is 24.9. The Labute approximate surface area is 211 Å². The normalized spacial score (nSPS) is 15.5. The molecule has 184 valence electrons. The van der Waals surface area contributed by atoms with E-state index in [9.17, 15) is 4.79 Å². The summed E-state index contributed by atoms with van der Waals surface area (Å²) in [7, 11) is 0. The molecule has 7 nitrogen and oxygen atoms in total. The van der Waals surface area contributed by atoms with Crippen molar-refractivity contribution in [1.82, 2.24) is 9.97 Å². The lowest BCUT2D eigenvalue weighted by molar-refractivity contribution is -0.120. The van der Waals surface area contributed by atoms with Crippen molar-refractivity contribution in [3.05, 3.63) is 60.4 Å². The molecule has 8 heteroatoms. The van der Waals surface area contributed by atoms with Crippen molar-refractivity contribution in [3.63, 3.8) is 0 Å². The standard InChI is InChI=1S/C27H32N4O3S/c1-4-33-21-11-12-24(34-5-2)23(17-21)30-26(32)20-9-7-15-31(18-20)25-27(29-14-13-28-25)35-22-10-6-8-19(3)16-22/h6,8,10-14,16-17,20H,4-5,7,9,15,18H2,1-3H3,(H,30,32)/t20-/m1/s1. The van der Waals surface area contributed by atoms with Gasteiger partial charge >= 0.3 is 0 Å². The van der Waals surface area contributed by atoms with Crippen LogP contribution in [0.2, 0.25) is 0 Å². The lowest BCUT2D eigenvalue weighted by atomic mass is 9.97. The Bertz CT molecular complexity index is 1160. The van der Waals surface area contributed by atoms with Gasteiger partial charge in [-0.2, -0.15) is 0 Å². The minimum Gasteiger partial charge on any atom is -0.494 e. The van der Waals surface area contributed by atoms with Gasteiger partial charge in [0.15, 0.2) is 5.82 Å². The summed E-state index contributed by atoms with van der Waals surface area (Å²) < 4.78 is 11.3. The van der Waals surface area contributed by atoms with Crippen LogP contribution < -0.4 is 19.7 Å². The van der Waals surface area contributed by atoms with E-state index in [2.05, 4.69) is 45.3 Å². The molecule has 1 atom stereocenters. The molecule has 1 aromatic heterocycles. The topological polar surface area (TPSA) is 76.6 Å². The zero-order chi connectivity index (χ0) is 24.6. The van der Waals surface area contributed by atoms with Crippen LogP contribution in [0.5, 0.6) is 11.5 Å². The Morgan fingerprint density at radius 2 is 1.94 bits per heavy atom. The summed E-state index contributed by atoms with van der Waals surface area (Å²) in [5.41, 5.74) is 1.84. The largest absolute Gasteiger partial charge is 0.494 e. The van der Waals surface area contributed by atoms with E-state index in [0.29, 0.717) is 36.9 Å². The summed E-state index contributed by atoms with van der Waals surface area (Å²) >= 11 is 1.60. The predicted octanol–water partition coefficient (Wildman–Crippen LogP) is 5.59. The van der Waals surface area contributed by atoms with Crippen molar-refractivity contribution in [3.8, 4) is 11.5 Å². The van der Waals surface area contributed by atoms with Gasteiger partial charge in [0.25, 0.3) is 0 Å². The molecular weight excluding hydrogens is 460 g/mol. The highest BCUT2D eigenvalue weighted by Crippen LogP contribution is 2.35. The summed E-state index contributed by atoms with van der Waals surface area (Å²) in [5.74, 6) is 1.97. The fraction of sp³-hybridized carbons (Fsp3) is 0.370. The van der Waals surface area contributed by atoms with Crippen LogP contribution in [0.4, 0.5) is 11.5 Å². The average Bonchev–Trinajstić information content (AvgIpc) is 2.86. The van der Waals surface area contributed by atoms with Gasteiger partial charge in [0.05, 0.1) is 24.8 Å². The van der Waals surface area contributed by atoms with Gasteiger partial charge in [0.1, 0.15) is 16.5 Å². The van der Waals surface area contributed by atoms with Gasteiger partial charge in [-0.15, -0.1) is 0 Å². The highest BCUT2D eigenvalue weighted by atomic mass is 32.2. The molecule has 0 bridgehead atoms. The number of amides is 1. The monoisotopic (exact) mass is 492 g/mol. The van der Waals surface area contributed by atoms with E-state index in [1.807, 2.05) is 38.1 Å². The van der Waals surface area contributed by atoms with Crippen molar-refractivity contribution < 1.29 is 14.3 Å². The van der Waals surface area contributed by atoms with Crippen molar-refractivity contribution in [1.29, 1.82) is 0 Å². The maximum atomic E-state index is 13.3. The van der Waals surface area contributed by atoms with Crippen LogP contribution in [-0.4, -0.2) is 42.2 Å². The number of piperidine rings is 1. The predicted molar refractivity (Wildman–Crippen MR) is 140 cm³/mol. The Hall–Kier alpha value is -3.26. The van der Waals surface area contributed by atoms with E-state index in [1.165, 1.54) is 5.56 Å². The number of hydrogen-bond donors (Lipinski definition) is 1. The summed E-state index contributed by atoms with van der Waals surface area (Å²) in [6.45, 7) is 8.44. The first-order chi connectivity index (χ1) is 17.1. The fourth-order valence-electron chi connectivity index (χ4n) is 4.16. The summed E-state index contributed by atoms with van der Waals surface area (Å²) in [5, 5.41) is 3.93. The van der Waals surface area contributed by atoms with Gasteiger partial charge in [-0.1, -0.05) is 29.5 Å². The van der Waals surface area contributed by atoms with Crippen LogP contribution in [-0.2, 0) is 4.79 Å². The second-order valence-electron chi connectivity index (χ2n) is 8.40. The van der Waals surface area contributed by atoms with Crippen LogP contribution in [0.1, 0.15) is 32.3 Å². The highest BCUT2D eigenvalue weighted by Gasteiger charge is 2.29. The van der Waals surface area contributed by atoms with E-state index < -0.39 is 0 Å². The molecule has 1 N–H and O–H groups in total. The van der Waals surface area contributed by atoms with Crippen molar-refractivity contribution in [2.24, 2.45) is 5.92 Å². The van der Waals surface area contributed by atoms with Gasteiger partial charge < -0.3 is 19.7 Å². The van der Waals surface area contributed by atoms with Crippen LogP contribution in [0.3, 0.4) is 0 Å². The number of aromatic nitrogens is 2. The number of carbonyl (C=O) groups excluding carboxylic acids is 1. The molecule has 0 saturated carbocycles.